The first kappa shape index (κ1) is 11.0. The molecule has 0 fully saturated rings. The molecule has 0 spiro atoms. The molecule has 2 rings (SSSR count). The molecule has 0 atom stereocenters. The van der Waals surface area contributed by atoms with E-state index in [0.29, 0.717) is 22.5 Å². The van der Waals surface area contributed by atoms with Crippen LogP contribution < -0.4 is 5.73 Å². The van der Waals surface area contributed by atoms with Gasteiger partial charge in [-0.3, -0.25) is 0 Å². The molecular weight excluding hydrogens is 273 g/mol. The third kappa shape index (κ3) is 2.55. The molecule has 82 valence electrons. The molecule has 0 bridgehead atoms. The van der Waals surface area contributed by atoms with Gasteiger partial charge in [0.05, 0.1) is 11.9 Å². The summed E-state index contributed by atoms with van der Waals surface area (Å²) in [4.78, 5) is 8.21. The molecular formula is C11H9BrFN3. The van der Waals surface area contributed by atoms with E-state index in [4.69, 9.17) is 5.73 Å². The molecule has 1 aromatic heterocycles. The van der Waals surface area contributed by atoms with Crippen molar-refractivity contribution in [2.24, 2.45) is 0 Å². The second-order valence-corrected chi connectivity index (χ2v) is 4.14. The molecule has 1 heterocycles. The van der Waals surface area contributed by atoms with Gasteiger partial charge in [0.15, 0.2) is 0 Å². The first-order valence-electron chi connectivity index (χ1n) is 4.66. The quantitative estimate of drug-likeness (QED) is 0.921. The summed E-state index contributed by atoms with van der Waals surface area (Å²) in [6.07, 6.45) is 2.09. The molecule has 0 aliphatic rings. The lowest BCUT2D eigenvalue weighted by Crippen LogP contribution is -2.02. The van der Waals surface area contributed by atoms with Crippen molar-refractivity contribution >= 4 is 21.7 Å². The van der Waals surface area contributed by atoms with Gasteiger partial charge in [-0.15, -0.1) is 0 Å². The van der Waals surface area contributed by atoms with Crippen molar-refractivity contribution in [1.82, 2.24) is 9.97 Å². The summed E-state index contributed by atoms with van der Waals surface area (Å²) < 4.78 is 13.3. The minimum Gasteiger partial charge on any atom is -0.382 e. The van der Waals surface area contributed by atoms with Crippen molar-refractivity contribution < 1.29 is 4.39 Å². The van der Waals surface area contributed by atoms with E-state index in [1.165, 1.54) is 12.1 Å². The van der Waals surface area contributed by atoms with Crippen molar-refractivity contribution in [3.05, 3.63) is 52.1 Å². The first-order chi connectivity index (χ1) is 7.65. The van der Waals surface area contributed by atoms with Crippen LogP contribution in [0.25, 0.3) is 0 Å². The van der Waals surface area contributed by atoms with Gasteiger partial charge in [0.2, 0.25) is 0 Å². The third-order valence-corrected chi connectivity index (χ3v) is 2.51. The van der Waals surface area contributed by atoms with Gasteiger partial charge in [-0.2, -0.15) is 0 Å². The van der Waals surface area contributed by atoms with Gasteiger partial charge in [-0.25, -0.2) is 14.4 Å². The highest BCUT2D eigenvalue weighted by Crippen LogP contribution is 2.15. The Kier molecular flexibility index (Phi) is 3.14. The van der Waals surface area contributed by atoms with Gasteiger partial charge in [0, 0.05) is 6.42 Å². The van der Waals surface area contributed by atoms with Crippen LogP contribution >= 0.6 is 15.9 Å². The molecule has 0 aliphatic heterocycles. The van der Waals surface area contributed by atoms with Crippen LogP contribution in [0, 0.1) is 5.82 Å². The normalized spacial score (nSPS) is 10.4. The van der Waals surface area contributed by atoms with Crippen LogP contribution in [0.15, 0.2) is 35.1 Å². The van der Waals surface area contributed by atoms with E-state index in [9.17, 15) is 4.39 Å². The number of aromatic nitrogens is 2. The van der Waals surface area contributed by atoms with E-state index in [1.807, 2.05) is 0 Å². The first-order valence-corrected chi connectivity index (χ1v) is 5.46. The zero-order valence-corrected chi connectivity index (χ0v) is 9.91. The fraction of sp³-hybridized carbons (Fsp3) is 0.0909. The number of nitrogens with two attached hydrogens (primary N) is 1. The molecule has 0 radical (unpaired) electrons. The number of rotatable bonds is 2. The Morgan fingerprint density at radius 2 is 1.94 bits per heavy atom. The number of hydrogen-bond donors (Lipinski definition) is 1. The minimum atomic E-state index is -0.253. The van der Waals surface area contributed by atoms with Crippen LogP contribution in [0.4, 0.5) is 10.2 Å². The fourth-order valence-electron chi connectivity index (χ4n) is 1.34. The van der Waals surface area contributed by atoms with Crippen molar-refractivity contribution in [2.45, 2.75) is 6.42 Å². The SMILES string of the molecule is Nc1ncc(Br)nc1Cc1ccc(F)cc1. The summed E-state index contributed by atoms with van der Waals surface area (Å²) in [6, 6.07) is 6.24. The second-order valence-electron chi connectivity index (χ2n) is 3.33. The van der Waals surface area contributed by atoms with Crippen LogP contribution in [0.5, 0.6) is 0 Å². The molecule has 2 N–H and O–H groups in total. The van der Waals surface area contributed by atoms with E-state index in [0.717, 1.165) is 5.56 Å². The average molecular weight is 282 g/mol. The molecule has 0 saturated heterocycles. The van der Waals surface area contributed by atoms with Gasteiger partial charge in [0.25, 0.3) is 0 Å². The van der Waals surface area contributed by atoms with Gasteiger partial charge in [-0.05, 0) is 33.6 Å². The summed E-state index contributed by atoms with van der Waals surface area (Å²) in [5, 5.41) is 0. The van der Waals surface area contributed by atoms with E-state index >= 15 is 0 Å². The number of anilines is 1. The maximum absolute atomic E-state index is 12.7. The van der Waals surface area contributed by atoms with Crippen molar-refractivity contribution in [2.75, 3.05) is 5.73 Å². The molecule has 0 aliphatic carbocycles. The number of hydrogen-bond acceptors (Lipinski definition) is 3. The Balaban J connectivity index is 2.26. The third-order valence-electron chi connectivity index (χ3n) is 2.13. The lowest BCUT2D eigenvalue weighted by Gasteiger charge is -2.04. The summed E-state index contributed by atoms with van der Waals surface area (Å²) >= 11 is 3.23. The standard InChI is InChI=1S/C11H9BrFN3/c12-10-6-15-11(14)9(16-10)5-7-1-3-8(13)4-2-7/h1-4,6H,5H2,(H2,14,15). The Labute approximate surface area is 101 Å². The van der Waals surface area contributed by atoms with Crippen molar-refractivity contribution in [3.63, 3.8) is 0 Å². The lowest BCUT2D eigenvalue weighted by atomic mass is 10.1. The number of benzene rings is 1. The number of halogens is 2. The van der Waals surface area contributed by atoms with E-state index in [-0.39, 0.29) is 5.82 Å². The lowest BCUT2D eigenvalue weighted by molar-refractivity contribution is 0.627. The number of nitrogens with zero attached hydrogens (tertiary/aromatic N) is 2. The van der Waals surface area contributed by atoms with Crippen molar-refractivity contribution in [1.29, 1.82) is 0 Å². The van der Waals surface area contributed by atoms with Gasteiger partial charge in [0.1, 0.15) is 16.2 Å². The summed E-state index contributed by atoms with van der Waals surface area (Å²) in [7, 11) is 0. The molecule has 0 saturated carbocycles. The molecule has 3 nitrogen and oxygen atoms in total. The Bertz CT molecular complexity index is 499. The molecule has 2 aromatic rings. The highest BCUT2D eigenvalue weighted by Gasteiger charge is 2.05. The molecule has 5 heteroatoms. The molecule has 16 heavy (non-hydrogen) atoms. The largest absolute Gasteiger partial charge is 0.382 e. The summed E-state index contributed by atoms with van der Waals surface area (Å²) in [6.45, 7) is 0. The summed E-state index contributed by atoms with van der Waals surface area (Å²) in [5.74, 6) is 0.143. The molecule has 0 amide bonds. The van der Waals surface area contributed by atoms with E-state index < -0.39 is 0 Å². The topological polar surface area (TPSA) is 51.8 Å². The van der Waals surface area contributed by atoms with Gasteiger partial charge < -0.3 is 5.73 Å². The van der Waals surface area contributed by atoms with E-state index in [1.54, 1.807) is 18.3 Å². The minimum absolute atomic E-state index is 0.253. The highest BCUT2D eigenvalue weighted by atomic mass is 79.9. The molecule has 0 unspecified atom stereocenters. The maximum atomic E-state index is 12.7. The van der Waals surface area contributed by atoms with Crippen LogP contribution in [0.1, 0.15) is 11.3 Å². The maximum Gasteiger partial charge on any atom is 0.145 e. The summed E-state index contributed by atoms with van der Waals surface area (Å²) in [5.41, 5.74) is 7.33. The van der Waals surface area contributed by atoms with Crippen LogP contribution in [0.3, 0.4) is 0 Å². The Morgan fingerprint density at radius 1 is 1.25 bits per heavy atom. The fourth-order valence-corrected chi connectivity index (χ4v) is 1.65. The van der Waals surface area contributed by atoms with Gasteiger partial charge in [-0.1, -0.05) is 12.1 Å². The highest BCUT2D eigenvalue weighted by molar-refractivity contribution is 9.10. The van der Waals surface area contributed by atoms with Crippen LogP contribution in [-0.4, -0.2) is 9.97 Å². The zero-order chi connectivity index (χ0) is 11.5. The van der Waals surface area contributed by atoms with Gasteiger partial charge >= 0.3 is 0 Å². The van der Waals surface area contributed by atoms with Crippen LogP contribution in [0.2, 0.25) is 0 Å². The average Bonchev–Trinajstić information content (AvgIpc) is 2.27. The van der Waals surface area contributed by atoms with Crippen molar-refractivity contribution in [3.8, 4) is 0 Å². The Hall–Kier alpha value is -1.49. The second kappa shape index (κ2) is 4.57. The molecule has 1 aromatic carbocycles. The predicted octanol–water partition coefficient (Wildman–Crippen LogP) is 2.55. The van der Waals surface area contributed by atoms with E-state index in [2.05, 4.69) is 25.9 Å². The zero-order valence-electron chi connectivity index (χ0n) is 8.32. The predicted molar refractivity (Wildman–Crippen MR) is 63.4 cm³/mol. The monoisotopic (exact) mass is 281 g/mol. The van der Waals surface area contributed by atoms with Crippen LogP contribution in [-0.2, 0) is 6.42 Å². The number of nitrogen functional groups attached to an aromatic ring is 1. The Morgan fingerprint density at radius 3 is 2.62 bits per heavy atom. The smallest absolute Gasteiger partial charge is 0.145 e.